The Kier molecular flexibility index (Phi) is 3.66. The van der Waals surface area contributed by atoms with E-state index in [9.17, 15) is 0 Å². The zero-order chi connectivity index (χ0) is 10.8. The number of nitrogens with zero attached hydrogens (tertiary/aromatic N) is 2. The molecule has 0 atom stereocenters. The van der Waals surface area contributed by atoms with Gasteiger partial charge in [0.2, 0.25) is 0 Å². The molecular formula is C8H11Cl2N3O. The van der Waals surface area contributed by atoms with Gasteiger partial charge in [0.25, 0.3) is 0 Å². The number of halogens is 2. The van der Waals surface area contributed by atoms with Crippen molar-refractivity contribution in [1.29, 1.82) is 0 Å². The van der Waals surface area contributed by atoms with Crippen molar-refractivity contribution < 1.29 is 4.84 Å². The molecule has 0 amide bonds. The van der Waals surface area contributed by atoms with E-state index < -0.39 is 5.41 Å². The lowest BCUT2D eigenvalue weighted by atomic mass is 9.87. The fourth-order valence-corrected chi connectivity index (χ4v) is 2.01. The van der Waals surface area contributed by atoms with Crippen LogP contribution in [0.15, 0.2) is 6.33 Å². The van der Waals surface area contributed by atoms with Gasteiger partial charge in [-0.3, -0.25) is 0 Å². The fraction of sp³-hybridized carbons (Fsp3) is 0.500. The summed E-state index contributed by atoms with van der Waals surface area (Å²) in [4.78, 5) is 12.3. The molecule has 0 fully saturated rings. The zero-order valence-corrected chi connectivity index (χ0v) is 9.43. The zero-order valence-electron chi connectivity index (χ0n) is 7.92. The van der Waals surface area contributed by atoms with Crippen LogP contribution in [0.5, 0.6) is 0 Å². The Morgan fingerprint density at radius 1 is 1.36 bits per heavy atom. The summed E-state index contributed by atoms with van der Waals surface area (Å²) in [6.07, 6.45) is 1.31. The molecule has 0 aliphatic heterocycles. The van der Waals surface area contributed by atoms with Crippen LogP contribution in [0.25, 0.3) is 0 Å². The smallest absolute Gasteiger partial charge is 0.137 e. The molecule has 1 aromatic heterocycles. The molecule has 14 heavy (non-hydrogen) atoms. The average Bonchev–Trinajstić information content (AvgIpc) is 2.02. The fourth-order valence-electron chi connectivity index (χ4n) is 1.18. The van der Waals surface area contributed by atoms with Crippen LogP contribution in [0.3, 0.4) is 0 Å². The highest BCUT2D eigenvalue weighted by Gasteiger charge is 2.27. The summed E-state index contributed by atoms with van der Waals surface area (Å²) in [6.45, 7) is 4.09. The molecule has 0 saturated heterocycles. The van der Waals surface area contributed by atoms with Crippen LogP contribution in [-0.2, 0) is 10.3 Å². The van der Waals surface area contributed by atoms with Gasteiger partial charge in [0.1, 0.15) is 16.6 Å². The van der Waals surface area contributed by atoms with Crippen molar-refractivity contribution in [1.82, 2.24) is 9.97 Å². The summed E-state index contributed by atoms with van der Waals surface area (Å²) in [7, 11) is 0. The molecule has 4 nitrogen and oxygen atoms in total. The van der Waals surface area contributed by atoms with Crippen LogP contribution in [-0.4, -0.2) is 16.6 Å². The first-order valence-electron chi connectivity index (χ1n) is 3.97. The molecule has 0 saturated carbocycles. The van der Waals surface area contributed by atoms with Crippen molar-refractivity contribution in [2.75, 3.05) is 6.61 Å². The molecule has 0 bridgehead atoms. The number of hydrogen-bond donors (Lipinski definition) is 1. The van der Waals surface area contributed by atoms with E-state index in [4.69, 9.17) is 29.1 Å². The quantitative estimate of drug-likeness (QED) is 0.643. The van der Waals surface area contributed by atoms with Crippen molar-refractivity contribution in [3.05, 3.63) is 22.2 Å². The number of aromatic nitrogens is 2. The maximum Gasteiger partial charge on any atom is 0.137 e. The Morgan fingerprint density at radius 3 is 2.29 bits per heavy atom. The van der Waals surface area contributed by atoms with Crippen LogP contribution >= 0.6 is 23.2 Å². The lowest BCUT2D eigenvalue weighted by Crippen LogP contribution is -2.27. The first-order valence-corrected chi connectivity index (χ1v) is 4.73. The van der Waals surface area contributed by atoms with Crippen molar-refractivity contribution in [3.63, 3.8) is 0 Å². The first-order chi connectivity index (χ1) is 6.49. The molecule has 1 heterocycles. The first kappa shape index (κ1) is 11.7. The van der Waals surface area contributed by atoms with Gasteiger partial charge < -0.3 is 4.84 Å². The maximum atomic E-state index is 5.92. The van der Waals surface area contributed by atoms with E-state index in [-0.39, 0.29) is 0 Å². The summed E-state index contributed by atoms with van der Waals surface area (Å²) in [6, 6.07) is 0. The summed E-state index contributed by atoms with van der Waals surface area (Å²) >= 11 is 11.8. The highest BCUT2D eigenvalue weighted by molar-refractivity contribution is 6.34. The summed E-state index contributed by atoms with van der Waals surface area (Å²) in [5, 5.41) is 0.652. The summed E-state index contributed by atoms with van der Waals surface area (Å²) in [5.41, 5.74) is 0.234. The Hall–Kier alpha value is -0.420. The van der Waals surface area contributed by atoms with Gasteiger partial charge in [-0.1, -0.05) is 37.0 Å². The third kappa shape index (κ3) is 2.33. The summed E-state index contributed by atoms with van der Waals surface area (Å²) in [5.74, 6) is 5.03. The van der Waals surface area contributed by atoms with Gasteiger partial charge in [-0.25, -0.2) is 15.9 Å². The summed E-state index contributed by atoms with van der Waals surface area (Å²) < 4.78 is 0. The SMILES string of the molecule is CC(C)(CON)c1c(Cl)ncnc1Cl. The van der Waals surface area contributed by atoms with Crippen molar-refractivity contribution in [2.24, 2.45) is 5.90 Å². The Bertz CT molecular complexity index is 310. The Morgan fingerprint density at radius 2 is 1.86 bits per heavy atom. The minimum Gasteiger partial charge on any atom is -0.304 e. The van der Waals surface area contributed by atoms with E-state index in [0.29, 0.717) is 22.5 Å². The average molecular weight is 236 g/mol. The van der Waals surface area contributed by atoms with Crippen molar-refractivity contribution >= 4 is 23.2 Å². The predicted octanol–water partition coefficient (Wildman–Crippen LogP) is 1.95. The van der Waals surface area contributed by atoms with Crippen LogP contribution in [0.2, 0.25) is 10.3 Å². The molecule has 78 valence electrons. The highest BCUT2D eigenvalue weighted by Crippen LogP contribution is 2.32. The molecule has 0 radical (unpaired) electrons. The largest absolute Gasteiger partial charge is 0.304 e. The molecule has 0 unspecified atom stereocenters. The van der Waals surface area contributed by atoms with E-state index in [1.54, 1.807) is 0 Å². The van der Waals surface area contributed by atoms with E-state index in [1.807, 2.05) is 13.8 Å². The molecule has 1 rings (SSSR count). The molecule has 2 N–H and O–H groups in total. The van der Waals surface area contributed by atoms with Crippen LogP contribution in [0, 0.1) is 0 Å². The molecule has 0 aliphatic rings. The van der Waals surface area contributed by atoms with Gasteiger partial charge in [-0.2, -0.15) is 0 Å². The molecule has 1 aromatic rings. The number of rotatable bonds is 3. The van der Waals surface area contributed by atoms with Crippen LogP contribution < -0.4 is 5.90 Å². The normalized spacial score (nSPS) is 11.8. The number of hydrogen-bond acceptors (Lipinski definition) is 4. The lowest BCUT2D eigenvalue weighted by Gasteiger charge is -2.24. The van der Waals surface area contributed by atoms with E-state index in [1.165, 1.54) is 6.33 Å². The standard InChI is InChI=1S/C8H11Cl2N3O/c1-8(2,3-14-11)5-6(9)12-4-13-7(5)10/h4H,3,11H2,1-2H3. The predicted molar refractivity (Wildman–Crippen MR) is 55.2 cm³/mol. The molecule has 6 heteroatoms. The van der Waals surface area contributed by atoms with Crippen molar-refractivity contribution in [2.45, 2.75) is 19.3 Å². The monoisotopic (exact) mass is 235 g/mol. The second kappa shape index (κ2) is 4.40. The minimum atomic E-state index is -0.413. The topological polar surface area (TPSA) is 61.0 Å². The highest BCUT2D eigenvalue weighted by atomic mass is 35.5. The van der Waals surface area contributed by atoms with Crippen molar-refractivity contribution in [3.8, 4) is 0 Å². The molecular weight excluding hydrogens is 225 g/mol. The molecule has 0 aliphatic carbocycles. The van der Waals surface area contributed by atoms with E-state index in [2.05, 4.69) is 14.8 Å². The maximum absolute atomic E-state index is 5.92. The van der Waals surface area contributed by atoms with E-state index >= 15 is 0 Å². The van der Waals surface area contributed by atoms with Gasteiger partial charge in [-0.15, -0.1) is 0 Å². The Labute approximate surface area is 92.3 Å². The van der Waals surface area contributed by atoms with E-state index in [0.717, 1.165) is 0 Å². The van der Waals surface area contributed by atoms with Crippen LogP contribution in [0.4, 0.5) is 0 Å². The second-order valence-electron chi connectivity index (χ2n) is 3.53. The minimum absolute atomic E-state index is 0.291. The molecule has 0 spiro atoms. The van der Waals surface area contributed by atoms with Gasteiger partial charge >= 0.3 is 0 Å². The second-order valence-corrected chi connectivity index (χ2v) is 4.24. The lowest BCUT2D eigenvalue weighted by molar-refractivity contribution is 0.0962. The third-order valence-corrected chi connectivity index (χ3v) is 2.45. The van der Waals surface area contributed by atoms with Crippen LogP contribution in [0.1, 0.15) is 19.4 Å². The van der Waals surface area contributed by atoms with Gasteiger partial charge in [-0.05, 0) is 0 Å². The third-order valence-electron chi connectivity index (χ3n) is 1.88. The Balaban J connectivity index is 3.17. The van der Waals surface area contributed by atoms with Gasteiger partial charge in [0.15, 0.2) is 0 Å². The van der Waals surface area contributed by atoms with Gasteiger partial charge in [0, 0.05) is 11.0 Å². The molecule has 0 aromatic carbocycles. The number of nitrogens with two attached hydrogens (primary N) is 1. The van der Waals surface area contributed by atoms with Gasteiger partial charge in [0.05, 0.1) is 6.61 Å².